The maximum absolute atomic E-state index is 5.52. The lowest BCUT2D eigenvalue weighted by molar-refractivity contribution is 0.571. The predicted octanol–water partition coefficient (Wildman–Crippen LogP) is 3.07. The summed E-state index contributed by atoms with van der Waals surface area (Å²) < 4.78 is 5.52. The van der Waals surface area contributed by atoms with Gasteiger partial charge >= 0.3 is 0 Å². The Hall–Kier alpha value is -2.46. The number of pyridine rings is 1. The molecule has 0 radical (unpaired) electrons. The summed E-state index contributed by atoms with van der Waals surface area (Å²) in [6, 6.07) is 13.9. The third kappa shape index (κ3) is 3.77. The Morgan fingerprint density at radius 2 is 1.95 bits per heavy atom. The Labute approximate surface area is 123 Å². The first-order chi connectivity index (χ1) is 10.4. The van der Waals surface area contributed by atoms with Gasteiger partial charge in [0.05, 0.1) is 5.69 Å². The van der Waals surface area contributed by atoms with Crippen molar-refractivity contribution < 1.29 is 4.42 Å². The largest absolute Gasteiger partial charge is 0.444 e. The van der Waals surface area contributed by atoms with Crippen LogP contribution in [0.25, 0.3) is 11.5 Å². The van der Waals surface area contributed by atoms with E-state index in [-0.39, 0.29) is 0 Å². The molecule has 21 heavy (non-hydrogen) atoms. The lowest BCUT2D eigenvalue weighted by Crippen LogP contribution is -2.16. The molecule has 0 aliphatic heterocycles. The van der Waals surface area contributed by atoms with Gasteiger partial charge in [0.1, 0.15) is 6.26 Å². The van der Waals surface area contributed by atoms with Gasteiger partial charge in [-0.05, 0) is 23.8 Å². The van der Waals surface area contributed by atoms with Crippen LogP contribution in [-0.4, -0.2) is 16.5 Å². The number of nitrogens with zero attached hydrogens (tertiary/aromatic N) is 2. The summed E-state index contributed by atoms with van der Waals surface area (Å²) in [5.74, 6) is 0.679. The quantitative estimate of drug-likeness (QED) is 0.705. The van der Waals surface area contributed by atoms with Crippen LogP contribution >= 0.6 is 0 Å². The number of aromatic nitrogens is 2. The average Bonchev–Trinajstić information content (AvgIpc) is 3.02. The van der Waals surface area contributed by atoms with Gasteiger partial charge in [-0.25, -0.2) is 4.98 Å². The van der Waals surface area contributed by atoms with Crippen molar-refractivity contribution in [2.24, 2.45) is 0 Å². The van der Waals surface area contributed by atoms with Gasteiger partial charge in [0.25, 0.3) is 0 Å². The Balaban J connectivity index is 1.49. The van der Waals surface area contributed by atoms with E-state index >= 15 is 0 Å². The van der Waals surface area contributed by atoms with E-state index in [1.807, 2.05) is 42.6 Å². The Morgan fingerprint density at radius 3 is 2.76 bits per heavy atom. The molecule has 106 valence electrons. The number of oxazole rings is 1. The van der Waals surface area contributed by atoms with Crippen molar-refractivity contribution in [3.63, 3.8) is 0 Å². The van der Waals surface area contributed by atoms with Crippen LogP contribution in [0.1, 0.15) is 11.3 Å². The maximum atomic E-state index is 5.52. The second-order valence-corrected chi connectivity index (χ2v) is 4.80. The molecule has 3 rings (SSSR count). The summed E-state index contributed by atoms with van der Waals surface area (Å²) in [4.78, 5) is 8.60. The first-order valence-electron chi connectivity index (χ1n) is 7.01. The molecule has 0 saturated heterocycles. The van der Waals surface area contributed by atoms with Crippen molar-refractivity contribution in [1.29, 1.82) is 0 Å². The molecule has 0 saturated carbocycles. The normalized spacial score (nSPS) is 10.7. The Kier molecular flexibility index (Phi) is 4.39. The Morgan fingerprint density at radius 1 is 1.05 bits per heavy atom. The van der Waals surface area contributed by atoms with Crippen LogP contribution < -0.4 is 5.32 Å². The highest BCUT2D eigenvalue weighted by Gasteiger charge is 2.05. The van der Waals surface area contributed by atoms with Crippen molar-refractivity contribution in [1.82, 2.24) is 15.3 Å². The van der Waals surface area contributed by atoms with E-state index in [1.165, 1.54) is 5.56 Å². The van der Waals surface area contributed by atoms with Crippen LogP contribution in [0, 0.1) is 0 Å². The van der Waals surface area contributed by atoms with E-state index in [9.17, 15) is 0 Å². The van der Waals surface area contributed by atoms with Crippen molar-refractivity contribution in [2.75, 3.05) is 6.54 Å². The van der Waals surface area contributed by atoms with Crippen molar-refractivity contribution >= 4 is 0 Å². The number of benzene rings is 1. The number of nitrogens with one attached hydrogen (secondary N) is 1. The number of rotatable bonds is 6. The van der Waals surface area contributed by atoms with Crippen LogP contribution in [0.15, 0.2) is 65.5 Å². The van der Waals surface area contributed by atoms with Gasteiger partial charge in [-0.3, -0.25) is 4.98 Å². The summed E-state index contributed by atoms with van der Waals surface area (Å²) in [5.41, 5.74) is 3.15. The average molecular weight is 279 g/mol. The highest BCUT2D eigenvalue weighted by atomic mass is 16.3. The molecule has 4 nitrogen and oxygen atoms in total. The SMILES string of the molecule is c1ccc(-c2nc(CCNCc3cccnc3)co2)cc1. The minimum absolute atomic E-state index is 0.679. The van der Waals surface area contributed by atoms with Gasteiger partial charge in [0, 0.05) is 37.5 Å². The summed E-state index contributed by atoms with van der Waals surface area (Å²) in [6.45, 7) is 1.67. The number of hydrogen-bond acceptors (Lipinski definition) is 4. The smallest absolute Gasteiger partial charge is 0.226 e. The molecular weight excluding hydrogens is 262 g/mol. The van der Waals surface area contributed by atoms with Crippen LogP contribution in [0.5, 0.6) is 0 Å². The first kappa shape index (κ1) is 13.5. The van der Waals surface area contributed by atoms with Gasteiger partial charge < -0.3 is 9.73 Å². The molecule has 2 heterocycles. The molecule has 0 amide bonds. The van der Waals surface area contributed by atoms with Gasteiger partial charge in [0.2, 0.25) is 5.89 Å². The molecule has 4 heteroatoms. The highest BCUT2D eigenvalue weighted by molar-refractivity contribution is 5.52. The van der Waals surface area contributed by atoms with E-state index in [0.717, 1.165) is 30.8 Å². The minimum Gasteiger partial charge on any atom is -0.444 e. The van der Waals surface area contributed by atoms with E-state index in [0.29, 0.717) is 5.89 Å². The minimum atomic E-state index is 0.679. The second-order valence-electron chi connectivity index (χ2n) is 4.80. The van der Waals surface area contributed by atoms with Gasteiger partial charge in [0.15, 0.2) is 0 Å². The molecule has 1 aromatic carbocycles. The first-order valence-corrected chi connectivity index (χ1v) is 7.01. The third-order valence-corrected chi connectivity index (χ3v) is 3.18. The van der Waals surface area contributed by atoms with Gasteiger partial charge in [-0.2, -0.15) is 0 Å². The fraction of sp³-hybridized carbons (Fsp3) is 0.176. The predicted molar refractivity (Wildman–Crippen MR) is 81.6 cm³/mol. The summed E-state index contributed by atoms with van der Waals surface area (Å²) >= 11 is 0. The fourth-order valence-electron chi connectivity index (χ4n) is 2.09. The van der Waals surface area contributed by atoms with Gasteiger partial charge in [-0.1, -0.05) is 24.3 Å². The van der Waals surface area contributed by atoms with Crippen LogP contribution in [0.2, 0.25) is 0 Å². The van der Waals surface area contributed by atoms with Gasteiger partial charge in [-0.15, -0.1) is 0 Å². The lowest BCUT2D eigenvalue weighted by atomic mass is 10.2. The molecule has 0 bridgehead atoms. The molecule has 0 aliphatic carbocycles. The fourth-order valence-corrected chi connectivity index (χ4v) is 2.09. The van der Waals surface area contributed by atoms with E-state index in [1.54, 1.807) is 12.5 Å². The summed E-state index contributed by atoms with van der Waals surface area (Å²) in [6.07, 6.45) is 6.23. The monoisotopic (exact) mass is 279 g/mol. The van der Waals surface area contributed by atoms with Crippen molar-refractivity contribution in [3.05, 3.63) is 72.4 Å². The molecular formula is C17H17N3O. The summed E-state index contributed by atoms with van der Waals surface area (Å²) in [7, 11) is 0. The van der Waals surface area contributed by atoms with Crippen LogP contribution in [0.3, 0.4) is 0 Å². The van der Waals surface area contributed by atoms with E-state index in [4.69, 9.17) is 4.42 Å². The maximum Gasteiger partial charge on any atom is 0.226 e. The molecule has 0 unspecified atom stereocenters. The standard InChI is InChI=1S/C17H17N3O/c1-2-6-15(7-3-1)17-20-16(13-21-17)8-10-19-12-14-5-4-9-18-11-14/h1-7,9,11,13,19H,8,10,12H2. The van der Waals surface area contributed by atoms with E-state index in [2.05, 4.69) is 21.4 Å². The van der Waals surface area contributed by atoms with Crippen LogP contribution in [0.4, 0.5) is 0 Å². The molecule has 0 atom stereocenters. The number of hydrogen-bond donors (Lipinski definition) is 1. The zero-order chi connectivity index (χ0) is 14.3. The molecule has 1 N–H and O–H groups in total. The lowest BCUT2D eigenvalue weighted by Gasteiger charge is -2.02. The van der Waals surface area contributed by atoms with Crippen molar-refractivity contribution in [3.8, 4) is 11.5 Å². The summed E-state index contributed by atoms with van der Waals surface area (Å²) in [5, 5.41) is 3.38. The molecule has 3 aromatic rings. The zero-order valence-electron chi connectivity index (χ0n) is 11.7. The third-order valence-electron chi connectivity index (χ3n) is 3.18. The van der Waals surface area contributed by atoms with Crippen LogP contribution in [-0.2, 0) is 13.0 Å². The molecule has 0 spiro atoms. The highest BCUT2D eigenvalue weighted by Crippen LogP contribution is 2.17. The molecule has 0 aliphatic rings. The van der Waals surface area contributed by atoms with Crippen molar-refractivity contribution in [2.45, 2.75) is 13.0 Å². The zero-order valence-corrected chi connectivity index (χ0v) is 11.7. The topological polar surface area (TPSA) is 51.0 Å². The van der Waals surface area contributed by atoms with E-state index < -0.39 is 0 Å². The molecule has 2 aromatic heterocycles. The Bertz CT molecular complexity index is 665. The second kappa shape index (κ2) is 6.81. The molecule has 0 fully saturated rings.